The molecule has 1 heterocycles. The Labute approximate surface area is 130 Å². The summed E-state index contributed by atoms with van der Waals surface area (Å²) in [5.74, 6) is 1.43. The Bertz CT molecular complexity index is 398. The second-order valence-corrected chi connectivity index (χ2v) is 8.45. The monoisotopic (exact) mass is 291 g/mol. The Morgan fingerprint density at radius 3 is 2.57 bits per heavy atom. The Hall–Kier alpha value is -0.340. The third-order valence-electron chi connectivity index (χ3n) is 5.84. The van der Waals surface area contributed by atoms with Crippen LogP contribution in [0.2, 0.25) is 0 Å². The van der Waals surface area contributed by atoms with Crippen LogP contribution in [-0.4, -0.2) is 37.7 Å². The maximum atomic E-state index is 6.76. The van der Waals surface area contributed by atoms with E-state index in [1.807, 2.05) is 0 Å². The smallest absolute Gasteiger partial charge is 0.0707 e. The molecule has 0 aromatic heterocycles. The number of nitrogens with zero attached hydrogens (tertiary/aromatic N) is 1. The van der Waals surface area contributed by atoms with E-state index in [0.717, 1.165) is 12.5 Å². The van der Waals surface area contributed by atoms with Crippen molar-refractivity contribution in [2.75, 3.05) is 20.6 Å². The molecule has 2 heteroatoms. The Morgan fingerprint density at radius 2 is 1.81 bits per heavy atom. The van der Waals surface area contributed by atoms with Crippen LogP contribution >= 0.6 is 0 Å². The van der Waals surface area contributed by atoms with Crippen LogP contribution in [0.4, 0.5) is 0 Å². The average molecular weight is 291 g/mol. The highest BCUT2D eigenvalue weighted by atomic mass is 16.5. The summed E-state index contributed by atoms with van der Waals surface area (Å²) in [6, 6.07) is 0. The number of hydrogen-bond donors (Lipinski definition) is 0. The average Bonchev–Trinajstić information content (AvgIpc) is 2.45. The standard InChI is InChI=1S/C19H33NO/c1-19(2,13-20(3)4)18-16-11-6-5-9-14(16)15-10-7-8-12-17(15)21-18/h9,15-18H,5-8,10-13H2,1-4H3. The van der Waals surface area contributed by atoms with Crippen LogP contribution in [-0.2, 0) is 4.74 Å². The Balaban J connectivity index is 1.87. The Morgan fingerprint density at radius 1 is 1.10 bits per heavy atom. The van der Waals surface area contributed by atoms with Crippen molar-refractivity contribution in [2.45, 2.75) is 71.0 Å². The van der Waals surface area contributed by atoms with E-state index in [1.165, 1.54) is 44.9 Å². The molecule has 0 radical (unpaired) electrons. The van der Waals surface area contributed by atoms with Gasteiger partial charge in [-0.2, -0.15) is 0 Å². The second kappa shape index (κ2) is 6.04. The molecule has 0 spiro atoms. The fourth-order valence-electron chi connectivity index (χ4n) is 5.24. The molecule has 3 aliphatic rings. The Kier molecular flexibility index (Phi) is 4.47. The molecule has 0 aromatic carbocycles. The van der Waals surface area contributed by atoms with Crippen molar-refractivity contribution in [3.63, 3.8) is 0 Å². The highest BCUT2D eigenvalue weighted by Crippen LogP contribution is 2.50. The van der Waals surface area contributed by atoms with E-state index in [2.05, 4.69) is 38.9 Å². The van der Waals surface area contributed by atoms with Gasteiger partial charge >= 0.3 is 0 Å². The van der Waals surface area contributed by atoms with Crippen molar-refractivity contribution < 1.29 is 4.74 Å². The molecule has 2 fully saturated rings. The van der Waals surface area contributed by atoms with Crippen molar-refractivity contribution in [1.82, 2.24) is 4.90 Å². The predicted octanol–water partition coefficient (Wildman–Crippen LogP) is 4.26. The first-order chi connectivity index (χ1) is 9.99. The van der Waals surface area contributed by atoms with E-state index in [9.17, 15) is 0 Å². The third-order valence-corrected chi connectivity index (χ3v) is 5.84. The molecular formula is C19H33NO. The summed E-state index contributed by atoms with van der Waals surface area (Å²) in [5.41, 5.74) is 2.02. The summed E-state index contributed by atoms with van der Waals surface area (Å²) >= 11 is 0. The lowest BCUT2D eigenvalue weighted by Gasteiger charge is -2.52. The van der Waals surface area contributed by atoms with Crippen LogP contribution < -0.4 is 0 Å². The number of ether oxygens (including phenoxy) is 1. The van der Waals surface area contributed by atoms with Gasteiger partial charge in [0.1, 0.15) is 0 Å². The number of allylic oxidation sites excluding steroid dienone is 1. The van der Waals surface area contributed by atoms with Gasteiger partial charge in [0.2, 0.25) is 0 Å². The van der Waals surface area contributed by atoms with Gasteiger partial charge in [-0.3, -0.25) is 0 Å². The summed E-state index contributed by atoms with van der Waals surface area (Å²) < 4.78 is 6.76. The number of fused-ring (bicyclic) bond motifs is 3. The minimum absolute atomic E-state index is 0.229. The van der Waals surface area contributed by atoms with Crippen molar-refractivity contribution in [2.24, 2.45) is 17.3 Å². The molecular weight excluding hydrogens is 258 g/mol. The second-order valence-electron chi connectivity index (χ2n) is 8.45. The normalized spacial score (nSPS) is 36.9. The van der Waals surface area contributed by atoms with E-state index in [4.69, 9.17) is 4.74 Å². The van der Waals surface area contributed by atoms with Gasteiger partial charge in [-0.1, -0.05) is 38.3 Å². The van der Waals surface area contributed by atoms with Crippen LogP contribution in [0.15, 0.2) is 11.6 Å². The molecule has 4 unspecified atom stereocenters. The van der Waals surface area contributed by atoms with Gasteiger partial charge in [0, 0.05) is 23.8 Å². The van der Waals surface area contributed by atoms with Gasteiger partial charge in [-0.05, 0) is 46.2 Å². The van der Waals surface area contributed by atoms with E-state index >= 15 is 0 Å². The lowest BCUT2D eigenvalue weighted by atomic mass is 9.64. The van der Waals surface area contributed by atoms with E-state index in [0.29, 0.717) is 18.1 Å². The fourth-order valence-corrected chi connectivity index (χ4v) is 5.24. The summed E-state index contributed by atoms with van der Waals surface area (Å²) in [7, 11) is 4.37. The van der Waals surface area contributed by atoms with Crippen molar-refractivity contribution in [1.29, 1.82) is 0 Å². The van der Waals surface area contributed by atoms with Gasteiger partial charge in [0.25, 0.3) is 0 Å². The van der Waals surface area contributed by atoms with Gasteiger partial charge in [-0.15, -0.1) is 0 Å². The van der Waals surface area contributed by atoms with Crippen LogP contribution in [0, 0.1) is 17.3 Å². The lowest BCUT2D eigenvalue weighted by Crippen LogP contribution is -2.53. The maximum absolute atomic E-state index is 6.76. The highest BCUT2D eigenvalue weighted by Gasteiger charge is 2.48. The van der Waals surface area contributed by atoms with Crippen molar-refractivity contribution in [3.05, 3.63) is 11.6 Å². The molecule has 120 valence electrons. The first-order valence-electron chi connectivity index (χ1n) is 8.99. The van der Waals surface area contributed by atoms with Crippen LogP contribution in [0.3, 0.4) is 0 Å². The van der Waals surface area contributed by atoms with Gasteiger partial charge in [0.15, 0.2) is 0 Å². The lowest BCUT2D eigenvalue weighted by molar-refractivity contribution is -0.151. The molecule has 0 N–H and O–H groups in total. The number of rotatable bonds is 3. The molecule has 21 heavy (non-hydrogen) atoms. The molecule has 2 aliphatic carbocycles. The quantitative estimate of drug-likeness (QED) is 0.720. The zero-order valence-corrected chi connectivity index (χ0v) is 14.4. The molecule has 0 amide bonds. The summed E-state index contributed by atoms with van der Waals surface area (Å²) in [5, 5.41) is 0. The maximum Gasteiger partial charge on any atom is 0.0707 e. The minimum Gasteiger partial charge on any atom is -0.373 e. The van der Waals surface area contributed by atoms with E-state index in [1.54, 1.807) is 5.57 Å². The van der Waals surface area contributed by atoms with Crippen molar-refractivity contribution >= 4 is 0 Å². The van der Waals surface area contributed by atoms with Crippen LogP contribution in [0.5, 0.6) is 0 Å². The molecule has 1 saturated carbocycles. The molecule has 2 nitrogen and oxygen atoms in total. The predicted molar refractivity (Wildman–Crippen MR) is 88.4 cm³/mol. The summed E-state index contributed by atoms with van der Waals surface area (Å²) in [6.45, 7) is 5.93. The topological polar surface area (TPSA) is 12.5 Å². The SMILES string of the molecule is CN(C)CC(C)(C)C1OC2CCCCC2C2=CCCCC21. The zero-order valence-electron chi connectivity index (χ0n) is 14.4. The zero-order chi connectivity index (χ0) is 15.0. The summed E-state index contributed by atoms with van der Waals surface area (Å²) in [6.07, 6.45) is 12.9. The third kappa shape index (κ3) is 3.07. The highest BCUT2D eigenvalue weighted by molar-refractivity contribution is 5.21. The first kappa shape index (κ1) is 15.6. The molecule has 3 rings (SSSR count). The van der Waals surface area contributed by atoms with Crippen LogP contribution in [0.25, 0.3) is 0 Å². The van der Waals surface area contributed by atoms with Gasteiger partial charge in [-0.25, -0.2) is 0 Å². The minimum atomic E-state index is 0.229. The fraction of sp³-hybridized carbons (Fsp3) is 0.895. The van der Waals surface area contributed by atoms with Crippen LogP contribution in [0.1, 0.15) is 58.8 Å². The van der Waals surface area contributed by atoms with E-state index < -0.39 is 0 Å². The van der Waals surface area contributed by atoms with Gasteiger partial charge < -0.3 is 9.64 Å². The largest absolute Gasteiger partial charge is 0.373 e. The number of hydrogen-bond acceptors (Lipinski definition) is 2. The molecule has 4 atom stereocenters. The van der Waals surface area contributed by atoms with Crippen molar-refractivity contribution in [3.8, 4) is 0 Å². The van der Waals surface area contributed by atoms with E-state index in [-0.39, 0.29) is 5.41 Å². The summed E-state index contributed by atoms with van der Waals surface area (Å²) in [4.78, 5) is 2.32. The molecule has 0 aromatic rings. The first-order valence-corrected chi connectivity index (χ1v) is 8.99. The van der Waals surface area contributed by atoms with Gasteiger partial charge in [0.05, 0.1) is 12.2 Å². The molecule has 1 saturated heterocycles. The molecule has 1 aliphatic heterocycles. The molecule has 0 bridgehead atoms.